The predicted octanol–water partition coefficient (Wildman–Crippen LogP) is 3.48. The molecule has 21 heavy (non-hydrogen) atoms. The normalized spacial score (nSPS) is 27.2. The summed E-state index contributed by atoms with van der Waals surface area (Å²) < 4.78 is 10.9. The number of hydrogen-bond donors (Lipinski definition) is 0. The van der Waals surface area contributed by atoms with Gasteiger partial charge in [-0.15, -0.1) is 0 Å². The van der Waals surface area contributed by atoms with Crippen molar-refractivity contribution in [2.75, 3.05) is 0 Å². The summed E-state index contributed by atoms with van der Waals surface area (Å²) >= 11 is 0. The Kier molecular flexibility index (Phi) is 5.65. The van der Waals surface area contributed by atoms with Crippen molar-refractivity contribution in [3.63, 3.8) is 0 Å². The molecule has 0 aromatic carbocycles. The van der Waals surface area contributed by atoms with Crippen LogP contribution in [0.5, 0.6) is 0 Å². The van der Waals surface area contributed by atoms with Crippen molar-refractivity contribution in [1.82, 2.24) is 0 Å². The summed E-state index contributed by atoms with van der Waals surface area (Å²) in [4.78, 5) is 23.6. The molecule has 3 unspecified atom stereocenters. The van der Waals surface area contributed by atoms with Crippen molar-refractivity contribution in [3.05, 3.63) is 0 Å². The van der Waals surface area contributed by atoms with Gasteiger partial charge >= 0.3 is 11.9 Å². The molecule has 2 aliphatic rings. The number of rotatable bonds is 6. The van der Waals surface area contributed by atoms with Crippen LogP contribution >= 0.6 is 0 Å². The van der Waals surface area contributed by atoms with E-state index in [1.165, 1.54) is 6.42 Å². The van der Waals surface area contributed by atoms with Crippen molar-refractivity contribution < 1.29 is 19.1 Å². The van der Waals surface area contributed by atoms with Gasteiger partial charge < -0.3 is 9.47 Å². The summed E-state index contributed by atoms with van der Waals surface area (Å²) in [5, 5.41) is 0. The topological polar surface area (TPSA) is 52.6 Å². The molecule has 0 aliphatic heterocycles. The fraction of sp³-hybridized carbons (Fsp3) is 0.882. The molecule has 0 N–H and O–H groups in total. The maximum Gasteiger partial charge on any atom is 0.308 e. The van der Waals surface area contributed by atoms with E-state index in [-0.39, 0.29) is 36.0 Å². The van der Waals surface area contributed by atoms with Crippen molar-refractivity contribution in [3.8, 4) is 0 Å². The molecule has 0 bridgehead atoms. The van der Waals surface area contributed by atoms with Gasteiger partial charge in [-0.2, -0.15) is 0 Å². The molecule has 4 heteroatoms. The molecule has 2 saturated carbocycles. The van der Waals surface area contributed by atoms with E-state index in [0.717, 1.165) is 38.5 Å². The minimum atomic E-state index is -0.113. The number of ether oxygens (including phenoxy) is 2. The second-order valence-corrected chi connectivity index (χ2v) is 7.02. The van der Waals surface area contributed by atoms with Gasteiger partial charge in [-0.1, -0.05) is 20.8 Å². The minimum Gasteiger partial charge on any atom is -0.462 e. The molecule has 0 saturated heterocycles. The van der Waals surface area contributed by atoms with Crippen LogP contribution in [0.1, 0.15) is 65.7 Å². The molecule has 0 spiro atoms. The lowest BCUT2D eigenvalue weighted by Crippen LogP contribution is -2.28. The van der Waals surface area contributed by atoms with E-state index in [1.807, 2.05) is 20.8 Å². The highest BCUT2D eigenvalue weighted by Gasteiger charge is 2.32. The molecule has 3 atom stereocenters. The first-order chi connectivity index (χ1) is 9.95. The van der Waals surface area contributed by atoms with Crippen molar-refractivity contribution in [2.24, 2.45) is 17.8 Å². The number of esters is 2. The first-order valence-corrected chi connectivity index (χ1v) is 8.36. The average molecular weight is 296 g/mol. The summed E-state index contributed by atoms with van der Waals surface area (Å²) in [7, 11) is 0. The van der Waals surface area contributed by atoms with Gasteiger partial charge in [0.1, 0.15) is 12.2 Å². The Bertz CT molecular complexity index is 373. The Hall–Kier alpha value is -1.06. The van der Waals surface area contributed by atoms with Gasteiger partial charge in [0.25, 0.3) is 0 Å². The molecule has 0 amide bonds. The largest absolute Gasteiger partial charge is 0.462 e. The third-order valence-corrected chi connectivity index (χ3v) is 4.67. The van der Waals surface area contributed by atoms with Crippen LogP contribution in [0.3, 0.4) is 0 Å². The molecule has 2 rings (SSSR count). The Morgan fingerprint density at radius 3 is 2.19 bits per heavy atom. The van der Waals surface area contributed by atoms with E-state index in [1.54, 1.807) is 0 Å². The van der Waals surface area contributed by atoms with Gasteiger partial charge in [0.05, 0.1) is 11.8 Å². The van der Waals surface area contributed by atoms with Crippen LogP contribution < -0.4 is 0 Å². The molecular formula is C17H28O4. The Morgan fingerprint density at radius 2 is 1.62 bits per heavy atom. The van der Waals surface area contributed by atoms with Crippen LogP contribution in [0.15, 0.2) is 0 Å². The Morgan fingerprint density at radius 1 is 0.952 bits per heavy atom. The van der Waals surface area contributed by atoms with E-state index in [9.17, 15) is 9.59 Å². The highest BCUT2D eigenvalue weighted by atomic mass is 16.5. The van der Waals surface area contributed by atoms with Gasteiger partial charge in [0.2, 0.25) is 0 Å². The van der Waals surface area contributed by atoms with Crippen LogP contribution in [-0.4, -0.2) is 24.1 Å². The highest BCUT2D eigenvalue weighted by molar-refractivity contribution is 5.72. The minimum absolute atomic E-state index is 0.0414. The van der Waals surface area contributed by atoms with Gasteiger partial charge in [0.15, 0.2) is 0 Å². The van der Waals surface area contributed by atoms with E-state index < -0.39 is 0 Å². The van der Waals surface area contributed by atoms with Crippen LogP contribution in [-0.2, 0) is 19.1 Å². The van der Waals surface area contributed by atoms with E-state index >= 15 is 0 Å². The lowest BCUT2D eigenvalue weighted by atomic mass is 9.93. The molecular weight excluding hydrogens is 268 g/mol. The Balaban J connectivity index is 1.69. The highest BCUT2D eigenvalue weighted by Crippen LogP contribution is 2.34. The predicted molar refractivity (Wildman–Crippen MR) is 79.6 cm³/mol. The molecule has 120 valence electrons. The zero-order valence-electron chi connectivity index (χ0n) is 13.5. The van der Waals surface area contributed by atoms with E-state index in [4.69, 9.17) is 9.47 Å². The van der Waals surface area contributed by atoms with Crippen molar-refractivity contribution in [1.29, 1.82) is 0 Å². The maximum atomic E-state index is 12.0. The molecule has 0 heterocycles. The van der Waals surface area contributed by atoms with Crippen LogP contribution in [0.25, 0.3) is 0 Å². The lowest BCUT2D eigenvalue weighted by molar-refractivity contribution is -0.158. The Labute approximate surface area is 127 Å². The second kappa shape index (κ2) is 7.28. The first-order valence-electron chi connectivity index (χ1n) is 8.36. The molecule has 0 aromatic heterocycles. The van der Waals surface area contributed by atoms with Crippen molar-refractivity contribution >= 4 is 11.9 Å². The third kappa shape index (κ3) is 4.72. The first kappa shape index (κ1) is 16.3. The summed E-state index contributed by atoms with van der Waals surface area (Å²) in [6, 6.07) is 0. The molecule has 0 aromatic rings. The fourth-order valence-corrected chi connectivity index (χ4v) is 3.02. The average Bonchev–Trinajstić information content (AvgIpc) is 2.80. The number of hydrogen-bond acceptors (Lipinski definition) is 4. The summed E-state index contributed by atoms with van der Waals surface area (Å²) in [5.74, 6) is 0.190. The molecule has 2 aliphatic carbocycles. The smallest absolute Gasteiger partial charge is 0.308 e. The quantitative estimate of drug-likeness (QED) is 0.704. The van der Waals surface area contributed by atoms with Crippen LogP contribution in [0.4, 0.5) is 0 Å². The standard InChI is InChI=1S/C17H28O4/c1-11(2)16(18)21-15-8-7-13(10-15)9-12(3)17(19)20-14-5-4-6-14/h11-15H,4-10H2,1-3H3. The third-order valence-electron chi connectivity index (χ3n) is 4.67. The summed E-state index contributed by atoms with van der Waals surface area (Å²) in [6.45, 7) is 5.66. The number of carbonyl (C=O) groups excluding carboxylic acids is 2. The number of carbonyl (C=O) groups is 2. The molecule has 4 nitrogen and oxygen atoms in total. The zero-order chi connectivity index (χ0) is 15.4. The van der Waals surface area contributed by atoms with E-state index in [0.29, 0.717) is 5.92 Å². The van der Waals surface area contributed by atoms with Crippen LogP contribution in [0, 0.1) is 17.8 Å². The van der Waals surface area contributed by atoms with E-state index in [2.05, 4.69) is 0 Å². The second-order valence-electron chi connectivity index (χ2n) is 7.02. The lowest BCUT2D eigenvalue weighted by Gasteiger charge is -2.27. The molecule has 0 radical (unpaired) electrons. The molecule has 2 fully saturated rings. The van der Waals surface area contributed by atoms with Crippen LogP contribution in [0.2, 0.25) is 0 Å². The van der Waals surface area contributed by atoms with Crippen molar-refractivity contribution in [2.45, 2.75) is 77.9 Å². The SMILES string of the molecule is CC(C)C(=O)OC1CCC(CC(C)C(=O)OC2CCC2)C1. The maximum absolute atomic E-state index is 12.0. The summed E-state index contributed by atoms with van der Waals surface area (Å²) in [5.41, 5.74) is 0. The van der Waals surface area contributed by atoms with Gasteiger partial charge in [-0.25, -0.2) is 0 Å². The van der Waals surface area contributed by atoms with Gasteiger partial charge in [-0.05, 0) is 50.9 Å². The van der Waals surface area contributed by atoms with Gasteiger partial charge in [-0.3, -0.25) is 9.59 Å². The monoisotopic (exact) mass is 296 g/mol. The summed E-state index contributed by atoms with van der Waals surface area (Å²) in [6.07, 6.45) is 7.14. The zero-order valence-corrected chi connectivity index (χ0v) is 13.5. The fourth-order valence-electron chi connectivity index (χ4n) is 3.02. The van der Waals surface area contributed by atoms with Gasteiger partial charge in [0, 0.05) is 0 Å².